The maximum atomic E-state index is 2.59. The number of fused-ring (bicyclic) bond motifs is 1. The molecule has 2 nitrogen and oxygen atoms in total. The Kier molecular flexibility index (Phi) is 5.25. The van der Waals surface area contributed by atoms with Gasteiger partial charge in [0.25, 0.3) is 0 Å². The minimum atomic E-state index is 0.499. The molecule has 0 amide bonds. The molecule has 0 radical (unpaired) electrons. The molecule has 2 heteroatoms. The molecule has 1 aliphatic rings. The summed E-state index contributed by atoms with van der Waals surface area (Å²) >= 11 is 0. The Bertz CT molecular complexity index is 1100. The Morgan fingerprint density at radius 2 is 1.30 bits per heavy atom. The highest BCUT2D eigenvalue weighted by atomic mass is 15.1. The van der Waals surface area contributed by atoms with E-state index in [1.807, 2.05) is 0 Å². The summed E-state index contributed by atoms with van der Waals surface area (Å²) in [5, 5.41) is 0. The van der Waals surface area contributed by atoms with Crippen LogP contribution in [-0.2, 0) is 19.6 Å². The summed E-state index contributed by atoms with van der Waals surface area (Å²) < 4.78 is 2.56. The van der Waals surface area contributed by atoms with E-state index >= 15 is 0 Å². The Hall–Kier alpha value is -3.10. The van der Waals surface area contributed by atoms with Gasteiger partial charge in [-0.3, -0.25) is 4.90 Å². The van der Waals surface area contributed by atoms with E-state index < -0.39 is 0 Å². The summed E-state index contributed by atoms with van der Waals surface area (Å²) in [6.07, 6.45) is 0. The number of rotatable bonds is 5. The van der Waals surface area contributed by atoms with Crippen LogP contribution >= 0.6 is 0 Å². The van der Waals surface area contributed by atoms with Gasteiger partial charge in [-0.05, 0) is 28.3 Å². The fourth-order valence-corrected chi connectivity index (χ4v) is 4.85. The molecule has 4 aromatic rings. The fraction of sp³-hybridized carbons (Fsp3) is 0.214. The Labute approximate surface area is 179 Å². The van der Waals surface area contributed by atoms with Crippen molar-refractivity contribution in [3.63, 3.8) is 0 Å². The van der Waals surface area contributed by atoms with Crippen molar-refractivity contribution in [2.24, 2.45) is 0 Å². The topological polar surface area (TPSA) is 8.17 Å². The van der Waals surface area contributed by atoms with Crippen molar-refractivity contribution in [1.29, 1.82) is 0 Å². The normalized spacial score (nSPS) is 16.4. The van der Waals surface area contributed by atoms with E-state index in [0.29, 0.717) is 5.92 Å². The molecule has 1 aliphatic heterocycles. The lowest BCUT2D eigenvalue weighted by Gasteiger charge is -2.32. The van der Waals surface area contributed by atoms with Gasteiger partial charge < -0.3 is 4.57 Å². The molecule has 3 aromatic carbocycles. The maximum Gasteiger partial charge on any atom is 0.0489 e. The van der Waals surface area contributed by atoms with Crippen molar-refractivity contribution < 1.29 is 0 Å². The van der Waals surface area contributed by atoms with E-state index in [1.54, 1.807) is 0 Å². The molecule has 1 aromatic heterocycles. The predicted octanol–water partition coefficient (Wildman–Crippen LogP) is 6.32. The monoisotopic (exact) mass is 392 g/mol. The molecule has 0 bridgehead atoms. The molecular formula is C28H28N2. The van der Waals surface area contributed by atoms with E-state index in [9.17, 15) is 0 Å². The van der Waals surface area contributed by atoms with E-state index in [0.717, 1.165) is 26.2 Å². The summed E-state index contributed by atoms with van der Waals surface area (Å²) in [4.78, 5) is 2.59. The number of benzene rings is 3. The summed E-state index contributed by atoms with van der Waals surface area (Å²) in [6, 6.07) is 34.9. The van der Waals surface area contributed by atoms with Gasteiger partial charge in [0.05, 0.1) is 0 Å². The third-order valence-electron chi connectivity index (χ3n) is 6.12. The molecule has 5 rings (SSSR count). The first-order valence-electron chi connectivity index (χ1n) is 10.9. The van der Waals surface area contributed by atoms with E-state index in [1.165, 1.54) is 33.6 Å². The third kappa shape index (κ3) is 3.83. The Morgan fingerprint density at radius 3 is 1.93 bits per heavy atom. The average molecular weight is 393 g/mol. The van der Waals surface area contributed by atoms with Crippen LogP contribution in [0.5, 0.6) is 0 Å². The lowest BCUT2D eigenvalue weighted by molar-refractivity contribution is 0.223. The molecule has 0 aliphatic carbocycles. The van der Waals surface area contributed by atoms with Crippen LogP contribution in [-0.4, -0.2) is 16.0 Å². The van der Waals surface area contributed by atoms with Gasteiger partial charge >= 0.3 is 0 Å². The van der Waals surface area contributed by atoms with Crippen molar-refractivity contribution in [2.75, 3.05) is 6.54 Å². The van der Waals surface area contributed by atoms with Crippen LogP contribution in [0.4, 0.5) is 0 Å². The van der Waals surface area contributed by atoms with Crippen molar-refractivity contribution >= 4 is 0 Å². The number of hydrogen-bond donors (Lipinski definition) is 0. The maximum absolute atomic E-state index is 2.59. The minimum absolute atomic E-state index is 0.499. The molecule has 1 unspecified atom stereocenters. The summed E-state index contributed by atoms with van der Waals surface area (Å²) in [5.41, 5.74) is 8.34. The highest BCUT2D eigenvalue weighted by Crippen LogP contribution is 2.36. The van der Waals surface area contributed by atoms with Crippen LogP contribution < -0.4 is 0 Å². The first-order chi connectivity index (χ1) is 14.8. The van der Waals surface area contributed by atoms with E-state index in [2.05, 4.69) is 113 Å². The molecule has 30 heavy (non-hydrogen) atoms. The highest BCUT2D eigenvalue weighted by molar-refractivity contribution is 5.63. The Morgan fingerprint density at radius 1 is 0.733 bits per heavy atom. The van der Waals surface area contributed by atoms with Gasteiger partial charge in [-0.15, -0.1) is 0 Å². The van der Waals surface area contributed by atoms with Crippen LogP contribution in [0.25, 0.3) is 11.3 Å². The lowest BCUT2D eigenvalue weighted by atomic mass is 9.97. The molecule has 0 spiro atoms. The van der Waals surface area contributed by atoms with E-state index in [4.69, 9.17) is 0 Å². The van der Waals surface area contributed by atoms with Gasteiger partial charge in [-0.2, -0.15) is 0 Å². The van der Waals surface area contributed by atoms with E-state index in [-0.39, 0.29) is 0 Å². The summed E-state index contributed by atoms with van der Waals surface area (Å²) in [6.45, 7) is 6.41. The molecule has 2 heterocycles. The van der Waals surface area contributed by atoms with Crippen molar-refractivity contribution in [1.82, 2.24) is 9.47 Å². The number of hydrogen-bond acceptors (Lipinski definition) is 1. The first kappa shape index (κ1) is 18.9. The Balaban J connectivity index is 1.53. The van der Waals surface area contributed by atoms with Crippen LogP contribution in [0, 0.1) is 0 Å². The van der Waals surface area contributed by atoms with Crippen LogP contribution in [0.1, 0.15) is 35.2 Å². The molecular weight excluding hydrogens is 364 g/mol. The smallest absolute Gasteiger partial charge is 0.0489 e. The van der Waals surface area contributed by atoms with Crippen molar-refractivity contribution in [3.8, 4) is 11.3 Å². The average Bonchev–Trinajstić information content (AvgIpc) is 3.14. The van der Waals surface area contributed by atoms with Gasteiger partial charge in [-0.1, -0.05) is 97.9 Å². The van der Waals surface area contributed by atoms with Gasteiger partial charge in [-0.25, -0.2) is 0 Å². The predicted molar refractivity (Wildman–Crippen MR) is 124 cm³/mol. The molecule has 0 N–H and O–H groups in total. The number of nitrogens with zero attached hydrogens (tertiary/aromatic N) is 2. The quantitative estimate of drug-likeness (QED) is 0.386. The largest absolute Gasteiger partial charge is 0.340 e. The second kappa shape index (κ2) is 8.33. The highest BCUT2D eigenvalue weighted by Gasteiger charge is 2.28. The van der Waals surface area contributed by atoms with Gasteiger partial charge in [0, 0.05) is 43.5 Å². The molecule has 150 valence electrons. The summed E-state index contributed by atoms with van der Waals surface area (Å²) in [5.74, 6) is 0.499. The van der Waals surface area contributed by atoms with Gasteiger partial charge in [0.15, 0.2) is 0 Å². The van der Waals surface area contributed by atoms with Crippen LogP contribution in [0.15, 0.2) is 97.1 Å². The first-order valence-corrected chi connectivity index (χ1v) is 10.9. The van der Waals surface area contributed by atoms with Crippen molar-refractivity contribution in [2.45, 2.75) is 32.5 Å². The second-order valence-electron chi connectivity index (χ2n) is 8.43. The zero-order valence-electron chi connectivity index (χ0n) is 17.5. The van der Waals surface area contributed by atoms with Gasteiger partial charge in [0.1, 0.15) is 0 Å². The second-order valence-corrected chi connectivity index (χ2v) is 8.43. The lowest BCUT2D eigenvalue weighted by Crippen LogP contribution is -2.33. The van der Waals surface area contributed by atoms with Crippen molar-refractivity contribution in [3.05, 3.63) is 119 Å². The van der Waals surface area contributed by atoms with Crippen LogP contribution in [0.2, 0.25) is 0 Å². The fourth-order valence-electron chi connectivity index (χ4n) is 4.85. The standard InChI is InChI=1S/C28H28N2/c1-22-18-29(19-23-11-5-2-6-12-23)21-26-17-27(25-15-9-4-10-16-25)30(28(22)26)20-24-13-7-3-8-14-24/h2-17,22H,18-21H2,1H3. The molecule has 0 fully saturated rings. The SMILES string of the molecule is CC1CN(Cc2ccccc2)Cc2cc(-c3ccccc3)n(Cc3ccccc3)c21. The third-order valence-corrected chi connectivity index (χ3v) is 6.12. The molecule has 0 saturated carbocycles. The molecule has 1 atom stereocenters. The summed E-state index contributed by atoms with van der Waals surface area (Å²) in [7, 11) is 0. The van der Waals surface area contributed by atoms with Crippen LogP contribution in [0.3, 0.4) is 0 Å². The molecule has 0 saturated heterocycles. The minimum Gasteiger partial charge on any atom is -0.340 e. The number of aromatic nitrogens is 1. The zero-order valence-corrected chi connectivity index (χ0v) is 17.5. The van der Waals surface area contributed by atoms with Gasteiger partial charge in [0.2, 0.25) is 0 Å². The zero-order chi connectivity index (χ0) is 20.3.